The molecular weight excluding hydrogens is 396 g/mol. The van der Waals surface area contributed by atoms with Crippen LogP contribution in [0.2, 0.25) is 0 Å². The first-order valence-corrected chi connectivity index (χ1v) is 10.6. The van der Waals surface area contributed by atoms with Crippen LogP contribution in [0, 0.1) is 6.92 Å². The number of aryl methyl sites for hydroxylation is 1. The lowest BCUT2D eigenvalue weighted by Crippen LogP contribution is -2.31. The average Bonchev–Trinajstić information content (AvgIpc) is 3.03. The minimum Gasteiger partial charge on any atom is -0.360 e. The smallest absolute Gasteiger partial charge is 0.264 e. The summed E-state index contributed by atoms with van der Waals surface area (Å²) in [7, 11) is -3.94. The quantitative estimate of drug-likeness (QED) is 0.596. The molecule has 0 radical (unpaired) electrons. The van der Waals surface area contributed by atoms with Gasteiger partial charge in [-0.25, -0.2) is 13.1 Å². The molecule has 1 aromatic heterocycles. The van der Waals surface area contributed by atoms with Gasteiger partial charge in [0.15, 0.2) is 0 Å². The molecule has 3 rings (SSSR count). The van der Waals surface area contributed by atoms with Gasteiger partial charge in [0.05, 0.1) is 10.5 Å². The highest BCUT2D eigenvalue weighted by atomic mass is 32.2. The molecule has 2 aromatic carbocycles. The number of amides is 1. The van der Waals surface area contributed by atoms with Crippen LogP contribution in [0.4, 0.5) is 0 Å². The number of thiol groups is 1. The number of carbonyl (C=O) groups excluding carboxylic acids is 1. The number of rotatable bonds is 6. The minimum atomic E-state index is -3.94. The van der Waals surface area contributed by atoms with Gasteiger partial charge in [-0.2, -0.15) is 12.6 Å². The summed E-state index contributed by atoms with van der Waals surface area (Å²) in [5.74, 6) is 0.0401. The Morgan fingerprint density at radius 2 is 1.75 bits per heavy atom. The molecule has 1 amide bonds. The van der Waals surface area contributed by atoms with Crippen molar-refractivity contribution in [3.05, 3.63) is 60.4 Å². The van der Waals surface area contributed by atoms with Crippen molar-refractivity contribution in [2.75, 3.05) is 0 Å². The maximum atomic E-state index is 12.4. The molecule has 0 aliphatic rings. The molecule has 6 nitrogen and oxygen atoms in total. The van der Waals surface area contributed by atoms with Gasteiger partial charge in [0, 0.05) is 17.2 Å². The second-order valence-corrected chi connectivity index (χ2v) is 9.00. The van der Waals surface area contributed by atoms with E-state index in [1.54, 1.807) is 26.0 Å². The molecule has 28 heavy (non-hydrogen) atoms. The third-order valence-electron chi connectivity index (χ3n) is 4.09. The molecule has 1 N–H and O–H groups in total. The third kappa shape index (κ3) is 4.45. The fraction of sp³-hybridized carbons (Fsp3) is 0.200. The fourth-order valence-corrected chi connectivity index (χ4v) is 3.99. The van der Waals surface area contributed by atoms with Gasteiger partial charge in [-0.1, -0.05) is 54.5 Å². The standard InChI is InChI=1S/C20H20N2O4S2/c1-13(27)12-18(23)22-28(24,25)17-10-8-15(9-11-17)19-14(2)26-21-20(19)16-6-4-3-5-7-16/h3-11,13,27H,12H2,1-2H3,(H,22,23). The molecule has 0 fully saturated rings. The number of nitrogens with one attached hydrogen (secondary N) is 1. The van der Waals surface area contributed by atoms with E-state index >= 15 is 0 Å². The molecule has 1 unspecified atom stereocenters. The largest absolute Gasteiger partial charge is 0.360 e. The first-order chi connectivity index (χ1) is 13.3. The summed E-state index contributed by atoms with van der Waals surface area (Å²) in [5.41, 5.74) is 3.15. The van der Waals surface area contributed by atoms with Gasteiger partial charge >= 0.3 is 0 Å². The van der Waals surface area contributed by atoms with E-state index in [-0.39, 0.29) is 16.6 Å². The van der Waals surface area contributed by atoms with Crippen molar-refractivity contribution < 1.29 is 17.7 Å². The Balaban J connectivity index is 1.90. The number of hydrogen-bond donors (Lipinski definition) is 2. The Morgan fingerprint density at radius 3 is 2.36 bits per heavy atom. The third-order valence-corrected chi connectivity index (χ3v) is 5.66. The zero-order valence-corrected chi connectivity index (χ0v) is 17.1. The molecule has 0 saturated heterocycles. The predicted molar refractivity (Wildman–Crippen MR) is 111 cm³/mol. The summed E-state index contributed by atoms with van der Waals surface area (Å²) < 4.78 is 32.2. The Hall–Kier alpha value is -2.58. The van der Waals surface area contributed by atoms with Gasteiger partial charge in [-0.3, -0.25) is 4.79 Å². The van der Waals surface area contributed by atoms with Crippen LogP contribution in [0.15, 0.2) is 64.0 Å². The van der Waals surface area contributed by atoms with Crippen LogP contribution in [0.3, 0.4) is 0 Å². The first-order valence-electron chi connectivity index (χ1n) is 8.64. The van der Waals surface area contributed by atoms with Crippen molar-refractivity contribution >= 4 is 28.6 Å². The van der Waals surface area contributed by atoms with Gasteiger partial charge in [0.1, 0.15) is 11.5 Å². The predicted octanol–water partition coefficient (Wildman–Crippen LogP) is 3.83. The summed E-state index contributed by atoms with van der Waals surface area (Å²) >= 11 is 4.10. The second kappa shape index (κ2) is 8.20. The fourth-order valence-electron chi connectivity index (χ4n) is 2.82. The van der Waals surface area contributed by atoms with Crippen molar-refractivity contribution in [3.63, 3.8) is 0 Å². The maximum absolute atomic E-state index is 12.4. The number of nitrogens with zero attached hydrogens (tertiary/aromatic N) is 1. The minimum absolute atomic E-state index is 0.00628. The van der Waals surface area contributed by atoms with Crippen LogP contribution < -0.4 is 4.72 Å². The number of benzene rings is 2. The molecule has 0 spiro atoms. The van der Waals surface area contributed by atoms with E-state index in [9.17, 15) is 13.2 Å². The van der Waals surface area contributed by atoms with E-state index in [1.165, 1.54) is 12.1 Å². The zero-order valence-electron chi connectivity index (χ0n) is 15.4. The molecule has 146 valence electrons. The molecule has 3 aromatic rings. The molecule has 0 aliphatic heterocycles. The summed E-state index contributed by atoms with van der Waals surface area (Å²) in [4.78, 5) is 11.8. The molecule has 0 bridgehead atoms. The lowest BCUT2D eigenvalue weighted by atomic mass is 10.00. The second-order valence-electron chi connectivity index (χ2n) is 6.43. The van der Waals surface area contributed by atoms with E-state index in [0.29, 0.717) is 11.5 Å². The number of sulfonamides is 1. The van der Waals surface area contributed by atoms with Gasteiger partial charge < -0.3 is 4.52 Å². The van der Waals surface area contributed by atoms with Crippen molar-refractivity contribution in [3.8, 4) is 22.4 Å². The Morgan fingerprint density at radius 1 is 1.11 bits per heavy atom. The Kier molecular flexibility index (Phi) is 5.90. The van der Waals surface area contributed by atoms with Crippen LogP contribution >= 0.6 is 12.6 Å². The zero-order chi connectivity index (χ0) is 20.3. The van der Waals surface area contributed by atoms with E-state index in [1.807, 2.05) is 30.3 Å². The molecular formula is C20H20N2O4S2. The van der Waals surface area contributed by atoms with Gasteiger partial charge in [0.25, 0.3) is 10.0 Å². The lowest BCUT2D eigenvalue weighted by molar-refractivity contribution is -0.119. The molecule has 0 aliphatic carbocycles. The van der Waals surface area contributed by atoms with Crippen LogP contribution in [0.1, 0.15) is 19.1 Å². The van der Waals surface area contributed by atoms with Gasteiger partial charge in [-0.15, -0.1) is 0 Å². The number of carbonyl (C=O) groups is 1. The molecule has 0 saturated carbocycles. The highest BCUT2D eigenvalue weighted by Gasteiger charge is 2.20. The normalized spacial score (nSPS) is 12.5. The lowest BCUT2D eigenvalue weighted by Gasteiger charge is -2.09. The number of aromatic nitrogens is 1. The highest BCUT2D eigenvalue weighted by molar-refractivity contribution is 7.90. The van der Waals surface area contributed by atoms with Gasteiger partial charge in [0.2, 0.25) is 5.91 Å². The number of hydrogen-bond acceptors (Lipinski definition) is 6. The summed E-state index contributed by atoms with van der Waals surface area (Å²) in [5, 5.41) is 3.91. The van der Waals surface area contributed by atoms with E-state index in [4.69, 9.17) is 4.52 Å². The molecule has 1 heterocycles. The Labute approximate surface area is 169 Å². The van der Waals surface area contributed by atoms with Crippen molar-refractivity contribution in [1.82, 2.24) is 9.88 Å². The average molecular weight is 417 g/mol. The van der Waals surface area contributed by atoms with E-state index in [0.717, 1.165) is 16.7 Å². The topological polar surface area (TPSA) is 89.3 Å². The van der Waals surface area contributed by atoms with E-state index in [2.05, 4.69) is 22.5 Å². The molecule has 1 atom stereocenters. The SMILES string of the molecule is Cc1onc(-c2ccccc2)c1-c1ccc(S(=O)(=O)NC(=O)CC(C)S)cc1. The van der Waals surface area contributed by atoms with Crippen LogP contribution in [-0.2, 0) is 14.8 Å². The Bertz CT molecular complexity index is 1070. The van der Waals surface area contributed by atoms with Crippen molar-refractivity contribution in [1.29, 1.82) is 0 Å². The van der Waals surface area contributed by atoms with Crippen LogP contribution in [0.5, 0.6) is 0 Å². The highest BCUT2D eigenvalue weighted by Crippen LogP contribution is 2.34. The van der Waals surface area contributed by atoms with Crippen LogP contribution in [0.25, 0.3) is 22.4 Å². The summed E-state index contributed by atoms with van der Waals surface area (Å²) in [6.45, 7) is 3.52. The monoisotopic (exact) mass is 416 g/mol. The molecule has 8 heteroatoms. The van der Waals surface area contributed by atoms with Crippen LogP contribution in [-0.4, -0.2) is 24.7 Å². The van der Waals surface area contributed by atoms with Gasteiger partial charge in [-0.05, 0) is 24.6 Å². The first kappa shape index (κ1) is 20.2. The van der Waals surface area contributed by atoms with E-state index < -0.39 is 15.9 Å². The maximum Gasteiger partial charge on any atom is 0.264 e. The van der Waals surface area contributed by atoms with Crippen molar-refractivity contribution in [2.45, 2.75) is 30.4 Å². The summed E-state index contributed by atoms with van der Waals surface area (Å²) in [6.07, 6.45) is 0.0146. The summed E-state index contributed by atoms with van der Waals surface area (Å²) in [6, 6.07) is 15.8. The van der Waals surface area contributed by atoms with Crippen molar-refractivity contribution in [2.24, 2.45) is 0 Å².